The lowest BCUT2D eigenvalue weighted by Crippen LogP contribution is -2.41. The lowest BCUT2D eigenvalue weighted by Gasteiger charge is -2.33. The van der Waals surface area contributed by atoms with Gasteiger partial charge in [-0.3, -0.25) is 0 Å². The van der Waals surface area contributed by atoms with Crippen LogP contribution in [0, 0.1) is 0 Å². The monoisotopic (exact) mass is 345 g/mol. The van der Waals surface area contributed by atoms with Crippen LogP contribution in [0.3, 0.4) is 0 Å². The molecule has 0 bridgehead atoms. The third-order valence-corrected chi connectivity index (χ3v) is 5.12. The van der Waals surface area contributed by atoms with Crippen LogP contribution < -0.4 is 14.2 Å². The summed E-state index contributed by atoms with van der Waals surface area (Å²) in [6, 6.07) is 4.63. The summed E-state index contributed by atoms with van der Waals surface area (Å²) in [5.74, 6) is -0.0501. The molecule has 0 amide bonds. The van der Waals surface area contributed by atoms with Crippen LogP contribution in [0.25, 0.3) is 0 Å². The van der Waals surface area contributed by atoms with Gasteiger partial charge in [0.2, 0.25) is 10.0 Å². The van der Waals surface area contributed by atoms with Gasteiger partial charge in [0, 0.05) is 19.0 Å². The molecular formula is C15H23NO6S. The number of hydrogen-bond donors (Lipinski definition) is 1. The Hall–Kier alpha value is -1.35. The van der Waals surface area contributed by atoms with Gasteiger partial charge < -0.3 is 18.9 Å². The standard InChI is InChI=1S/C15H23NO6S/c1-15(21-9-4-10-22-15)7-8-16-23(17,18)14-11-12(19-2)5-6-13(14)20-3/h5-6,11,16H,4,7-10H2,1-3H3. The van der Waals surface area contributed by atoms with E-state index >= 15 is 0 Å². The van der Waals surface area contributed by atoms with Crippen LogP contribution >= 0.6 is 0 Å². The summed E-state index contributed by atoms with van der Waals surface area (Å²) in [6.07, 6.45) is 1.26. The first-order valence-electron chi connectivity index (χ1n) is 7.40. The fourth-order valence-corrected chi connectivity index (χ4v) is 3.52. The van der Waals surface area contributed by atoms with Gasteiger partial charge in [0.15, 0.2) is 5.79 Å². The molecule has 1 aromatic rings. The summed E-state index contributed by atoms with van der Waals surface area (Å²) < 4.78 is 48.9. The molecule has 1 N–H and O–H groups in total. The zero-order valence-corrected chi connectivity index (χ0v) is 14.4. The first-order valence-corrected chi connectivity index (χ1v) is 8.88. The third-order valence-electron chi connectivity index (χ3n) is 3.63. The number of ether oxygens (including phenoxy) is 4. The first kappa shape index (κ1) is 18.0. The van der Waals surface area contributed by atoms with Gasteiger partial charge in [0.1, 0.15) is 16.4 Å². The van der Waals surface area contributed by atoms with E-state index in [-0.39, 0.29) is 17.2 Å². The molecule has 0 atom stereocenters. The zero-order chi connectivity index (χ0) is 16.9. The van der Waals surface area contributed by atoms with Crippen molar-refractivity contribution in [3.8, 4) is 11.5 Å². The smallest absolute Gasteiger partial charge is 0.244 e. The van der Waals surface area contributed by atoms with Gasteiger partial charge in [0.05, 0.1) is 27.4 Å². The SMILES string of the molecule is COc1ccc(OC)c(S(=O)(=O)NCCC2(C)OCCCO2)c1. The lowest BCUT2D eigenvalue weighted by molar-refractivity contribution is -0.257. The number of sulfonamides is 1. The summed E-state index contributed by atoms with van der Waals surface area (Å²) in [7, 11) is -0.831. The van der Waals surface area contributed by atoms with E-state index in [1.54, 1.807) is 12.1 Å². The minimum absolute atomic E-state index is 0.0370. The highest BCUT2D eigenvalue weighted by molar-refractivity contribution is 7.89. The maximum atomic E-state index is 12.5. The average Bonchev–Trinajstić information content (AvgIpc) is 2.54. The molecule has 0 unspecified atom stereocenters. The summed E-state index contributed by atoms with van der Waals surface area (Å²) in [5.41, 5.74) is 0. The van der Waals surface area contributed by atoms with Crippen LogP contribution in [0.5, 0.6) is 11.5 Å². The molecule has 0 radical (unpaired) electrons. The second-order valence-corrected chi connectivity index (χ2v) is 7.08. The molecule has 8 heteroatoms. The average molecular weight is 345 g/mol. The molecule has 0 spiro atoms. The predicted octanol–water partition coefficient (Wildman–Crippen LogP) is 1.53. The number of benzene rings is 1. The van der Waals surface area contributed by atoms with Crippen LogP contribution in [0.4, 0.5) is 0 Å². The number of hydrogen-bond acceptors (Lipinski definition) is 6. The molecule has 130 valence electrons. The Kier molecular flexibility index (Phi) is 5.85. The molecule has 0 aliphatic carbocycles. The van der Waals surface area contributed by atoms with E-state index in [0.29, 0.717) is 25.4 Å². The van der Waals surface area contributed by atoms with E-state index < -0.39 is 15.8 Å². The molecule has 7 nitrogen and oxygen atoms in total. The second kappa shape index (κ2) is 7.48. The quantitative estimate of drug-likeness (QED) is 0.807. The molecule has 1 aromatic carbocycles. The van der Waals surface area contributed by atoms with E-state index in [1.165, 1.54) is 20.3 Å². The van der Waals surface area contributed by atoms with Crippen LogP contribution in [-0.4, -0.2) is 48.2 Å². The van der Waals surface area contributed by atoms with Crippen LogP contribution in [0.1, 0.15) is 19.8 Å². The Morgan fingerprint density at radius 1 is 1.22 bits per heavy atom. The van der Waals surface area contributed by atoms with E-state index in [1.807, 2.05) is 6.92 Å². The summed E-state index contributed by atoms with van der Waals surface area (Å²) in [6.45, 7) is 3.24. The van der Waals surface area contributed by atoms with Crippen molar-refractivity contribution in [1.29, 1.82) is 0 Å². The van der Waals surface area contributed by atoms with E-state index in [2.05, 4.69) is 4.72 Å². The Morgan fingerprint density at radius 3 is 2.52 bits per heavy atom. The molecule has 23 heavy (non-hydrogen) atoms. The van der Waals surface area contributed by atoms with E-state index in [0.717, 1.165) is 6.42 Å². The Morgan fingerprint density at radius 2 is 1.91 bits per heavy atom. The molecule has 2 rings (SSSR count). The Bertz CT molecular complexity index is 625. The van der Waals surface area contributed by atoms with Crippen molar-refractivity contribution in [1.82, 2.24) is 4.72 Å². The molecule has 1 aliphatic rings. The maximum absolute atomic E-state index is 12.5. The van der Waals surface area contributed by atoms with Crippen molar-refractivity contribution in [3.63, 3.8) is 0 Å². The normalized spacial score (nSPS) is 17.7. The topological polar surface area (TPSA) is 83.1 Å². The zero-order valence-electron chi connectivity index (χ0n) is 13.6. The Balaban J connectivity index is 2.06. The molecular weight excluding hydrogens is 322 g/mol. The van der Waals surface area contributed by atoms with Gasteiger partial charge in [0.25, 0.3) is 0 Å². The molecule has 0 aromatic heterocycles. The van der Waals surface area contributed by atoms with E-state index in [9.17, 15) is 8.42 Å². The van der Waals surface area contributed by atoms with Gasteiger partial charge in [-0.05, 0) is 25.5 Å². The minimum Gasteiger partial charge on any atom is -0.497 e. The number of rotatable bonds is 7. The highest BCUT2D eigenvalue weighted by Crippen LogP contribution is 2.28. The molecule has 1 heterocycles. The van der Waals surface area contributed by atoms with Crippen LogP contribution in [0.15, 0.2) is 23.1 Å². The van der Waals surface area contributed by atoms with Gasteiger partial charge in [-0.25, -0.2) is 13.1 Å². The lowest BCUT2D eigenvalue weighted by atomic mass is 10.2. The third kappa shape index (κ3) is 4.57. The highest BCUT2D eigenvalue weighted by atomic mass is 32.2. The van der Waals surface area contributed by atoms with Gasteiger partial charge in [-0.15, -0.1) is 0 Å². The maximum Gasteiger partial charge on any atom is 0.244 e. The second-order valence-electron chi connectivity index (χ2n) is 5.35. The Labute approximate surface area is 136 Å². The molecule has 0 saturated carbocycles. The van der Waals surface area contributed by atoms with Crippen molar-refractivity contribution in [3.05, 3.63) is 18.2 Å². The number of methoxy groups -OCH3 is 2. The fraction of sp³-hybridized carbons (Fsp3) is 0.600. The van der Waals surface area contributed by atoms with Crippen molar-refractivity contribution in [2.75, 3.05) is 34.0 Å². The fourth-order valence-electron chi connectivity index (χ4n) is 2.31. The van der Waals surface area contributed by atoms with Gasteiger partial charge >= 0.3 is 0 Å². The minimum atomic E-state index is -3.73. The largest absolute Gasteiger partial charge is 0.497 e. The van der Waals surface area contributed by atoms with Crippen LogP contribution in [-0.2, 0) is 19.5 Å². The van der Waals surface area contributed by atoms with Crippen LogP contribution in [0.2, 0.25) is 0 Å². The van der Waals surface area contributed by atoms with Gasteiger partial charge in [-0.2, -0.15) is 0 Å². The van der Waals surface area contributed by atoms with E-state index in [4.69, 9.17) is 18.9 Å². The van der Waals surface area contributed by atoms with Gasteiger partial charge in [-0.1, -0.05) is 0 Å². The van der Waals surface area contributed by atoms with Crippen molar-refractivity contribution >= 4 is 10.0 Å². The summed E-state index contributed by atoms with van der Waals surface area (Å²) in [4.78, 5) is 0.0370. The molecule has 1 aliphatic heterocycles. The number of nitrogens with one attached hydrogen (secondary N) is 1. The highest BCUT2D eigenvalue weighted by Gasteiger charge is 2.29. The summed E-state index contributed by atoms with van der Waals surface area (Å²) >= 11 is 0. The van der Waals surface area contributed by atoms with Crippen molar-refractivity contribution in [2.45, 2.75) is 30.4 Å². The molecule has 1 fully saturated rings. The first-order chi connectivity index (χ1) is 10.9. The van der Waals surface area contributed by atoms with Crippen molar-refractivity contribution in [2.24, 2.45) is 0 Å². The summed E-state index contributed by atoms with van der Waals surface area (Å²) in [5, 5.41) is 0. The predicted molar refractivity (Wildman–Crippen MR) is 84.3 cm³/mol. The van der Waals surface area contributed by atoms with Crippen molar-refractivity contribution < 1.29 is 27.4 Å². The molecule has 1 saturated heterocycles.